The maximum Gasteiger partial charge on any atom is 0.260 e. The molecule has 116 valence electrons. The van der Waals surface area contributed by atoms with E-state index in [1.807, 2.05) is 23.1 Å². The molecule has 1 fully saturated rings. The zero-order valence-corrected chi connectivity index (χ0v) is 13.0. The van der Waals surface area contributed by atoms with Crippen LogP contribution in [0.3, 0.4) is 0 Å². The smallest absolute Gasteiger partial charge is 0.260 e. The van der Waals surface area contributed by atoms with Crippen molar-refractivity contribution in [2.24, 2.45) is 11.1 Å². The van der Waals surface area contributed by atoms with E-state index < -0.39 is 0 Å². The zero-order valence-electron chi connectivity index (χ0n) is 13.0. The van der Waals surface area contributed by atoms with Crippen molar-refractivity contribution in [2.75, 3.05) is 26.8 Å². The second-order valence-electron chi connectivity index (χ2n) is 6.17. The lowest BCUT2D eigenvalue weighted by Gasteiger charge is -2.42. The van der Waals surface area contributed by atoms with Gasteiger partial charge in [-0.2, -0.15) is 0 Å². The van der Waals surface area contributed by atoms with Crippen LogP contribution in [0.1, 0.15) is 20.3 Å². The van der Waals surface area contributed by atoms with Crippen molar-refractivity contribution in [3.05, 3.63) is 24.3 Å². The molecule has 21 heavy (non-hydrogen) atoms. The van der Waals surface area contributed by atoms with E-state index in [0.717, 1.165) is 6.42 Å². The van der Waals surface area contributed by atoms with Crippen LogP contribution in [0.25, 0.3) is 0 Å². The van der Waals surface area contributed by atoms with Crippen LogP contribution in [0.2, 0.25) is 0 Å². The molecular weight excluding hydrogens is 268 g/mol. The molecule has 1 atom stereocenters. The zero-order chi connectivity index (χ0) is 15.5. The molecule has 0 radical (unpaired) electrons. The fourth-order valence-corrected chi connectivity index (χ4v) is 2.51. The van der Waals surface area contributed by atoms with Gasteiger partial charge in [0.1, 0.15) is 11.5 Å². The average molecular weight is 292 g/mol. The van der Waals surface area contributed by atoms with E-state index in [0.29, 0.717) is 24.6 Å². The van der Waals surface area contributed by atoms with E-state index in [1.54, 1.807) is 13.2 Å². The molecule has 5 heteroatoms. The molecule has 0 aromatic heterocycles. The van der Waals surface area contributed by atoms with Gasteiger partial charge in [-0.3, -0.25) is 4.79 Å². The number of ether oxygens (including phenoxy) is 2. The van der Waals surface area contributed by atoms with E-state index in [2.05, 4.69) is 13.8 Å². The lowest BCUT2D eigenvalue weighted by atomic mass is 9.80. The third kappa shape index (κ3) is 3.88. The van der Waals surface area contributed by atoms with Crippen LogP contribution in [0, 0.1) is 5.41 Å². The third-order valence-corrected chi connectivity index (χ3v) is 4.07. The van der Waals surface area contributed by atoms with Gasteiger partial charge in [0.15, 0.2) is 6.61 Å². The van der Waals surface area contributed by atoms with Crippen LogP contribution in [-0.2, 0) is 4.79 Å². The second-order valence-corrected chi connectivity index (χ2v) is 6.17. The summed E-state index contributed by atoms with van der Waals surface area (Å²) in [5.74, 6) is 1.35. The Morgan fingerprint density at radius 1 is 1.43 bits per heavy atom. The molecule has 1 unspecified atom stereocenters. The van der Waals surface area contributed by atoms with E-state index in [4.69, 9.17) is 15.2 Å². The van der Waals surface area contributed by atoms with Crippen molar-refractivity contribution in [1.82, 2.24) is 4.90 Å². The van der Waals surface area contributed by atoms with Crippen LogP contribution in [0.5, 0.6) is 11.5 Å². The highest BCUT2D eigenvalue weighted by atomic mass is 16.5. The molecule has 1 heterocycles. The molecule has 0 spiro atoms. The van der Waals surface area contributed by atoms with Gasteiger partial charge >= 0.3 is 0 Å². The largest absolute Gasteiger partial charge is 0.497 e. The second kappa shape index (κ2) is 6.35. The minimum absolute atomic E-state index is 0.00204. The summed E-state index contributed by atoms with van der Waals surface area (Å²) in [5.41, 5.74) is 6.04. The molecule has 1 aromatic rings. The van der Waals surface area contributed by atoms with Gasteiger partial charge in [-0.25, -0.2) is 0 Å². The Morgan fingerprint density at radius 3 is 2.81 bits per heavy atom. The fraction of sp³-hybridized carbons (Fsp3) is 0.562. The molecule has 1 aliphatic heterocycles. The molecular formula is C16H24N2O3. The quantitative estimate of drug-likeness (QED) is 0.916. The molecule has 1 amide bonds. The molecule has 1 saturated heterocycles. The summed E-state index contributed by atoms with van der Waals surface area (Å²) < 4.78 is 10.7. The minimum atomic E-state index is -0.0517. The van der Waals surface area contributed by atoms with Crippen molar-refractivity contribution in [3.63, 3.8) is 0 Å². The highest BCUT2D eigenvalue weighted by Gasteiger charge is 2.35. The van der Waals surface area contributed by atoms with E-state index in [1.165, 1.54) is 0 Å². The lowest BCUT2D eigenvalue weighted by molar-refractivity contribution is -0.136. The Balaban J connectivity index is 1.90. The highest BCUT2D eigenvalue weighted by molar-refractivity contribution is 5.78. The SMILES string of the molecule is COc1cccc(OCC(=O)N2CCC(N)C(C)(C)C2)c1. The topological polar surface area (TPSA) is 64.8 Å². The van der Waals surface area contributed by atoms with Crippen LogP contribution in [0.4, 0.5) is 0 Å². The van der Waals surface area contributed by atoms with Crippen molar-refractivity contribution in [1.29, 1.82) is 0 Å². The molecule has 0 bridgehead atoms. The number of methoxy groups -OCH3 is 1. The van der Waals surface area contributed by atoms with Gasteiger partial charge in [0.25, 0.3) is 5.91 Å². The average Bonchev–Trinajstić information content (AvgIpc) is 2.47. The predicted octanol–water partition coefficient (Wildman–Crippen LogP) is 1.66. The van der Waals surface area contributed by atoms with Crippen molar-refractivity contribution in [3.8, 4) is 11.5 Å². The first-order valence-corrected chi connectivity index (χ1v) is 7.22. The normalized spacial score (nSPS) is 21.0. The van der Waals surface area contributed by atoms with Crippen LogP contribution < -0.4 is 15.2 Å². The number of nitrogens with zero attached hydrogens (tertiary/aromatic N) is 1. The Bertz CT molecular complexity index is 502. The number of hydrogen-bond acceptors (Lipinski definition) is 4. The fourth-order valence-electron chi connectivity index (χ4n) is 2.51. The summed E-state index contributed by atoms with van der Waals surface area (Å²) in [6, 6.07) is 7.39. The first-order valence-electron chi connectivity index (χ1n) is 7.22. The van der Waals surface area contributed by atoms with Gasteiger partial charge in [0, 0.05) is 25.2 Å². The number of benzene rings is 1. The summed E-state index contributed by atoms with van der Waals surface area (Å²) in [6.07, 6.45) is 0.831. The lowest BCUT2D eigenvalue weighted by Crippen LogP contribution is -2.54. The number of amides is 1. The van der Waals surface area contributed by atoms with E-state index >= 15 is 0 Å². The Labute approximate surface area is 126 Å². The number of carbonyl (C=O) groups excluding carboxylic acids is 1. The van der Waals surface area contributed by atoms with Crippen molar-refractivity contribution in [2.45, 2.75) is 26.3 Å². The predicted molar refractivity (Wildman–Crippen MR) is 81.4 cm³/mol. The maximum absolute atomic E-state index is 12.2. The monoisotopic (exact) mass is 292 g/mol. The molecule has 5 nitrogen and oxygen atoms in total. The van der Waals surface area contributed by atoms with Crippen molar-refractivity contribution < 1.29 is 14.3 Å². The van der Waals surface area contributed by atoms with E-state index in [-0.39, 0.29) is 24.0 Å². The van der Waals surface area contributed by atoms with Crippen molar-refractivity contribution >= 4 is 5.91 Å². The van der Waals surface area contributed by atoms with Gasteiger partial charge < -0.3 is 20.1 Å². The van der Waals surface area contributed by atoms with Crippen LogP contribution in [0.15, 0.2) is 24.3 Å². The number of carbonyl (C=O) groups is 1. The highest BCUT2D eigenvalue weighted by Crippen LogP contribution is 2.27. The maximum atomic E-state index is 12.2. The van der Waals surface area contributed by atoms with Gasteiger partial charge in [-0.1, -0.05) is 19.9 Å². The minimum Gasteiger partial charge on any atom is -0.497 e. The standard InChI is InChI=1S/C16H24N2O3/c1-16(2)11-18(8-7-14(16)17)15(19)10-21-13-6-4-5-12(9-13)20-3/h4-6,9,14H,7-8,10-11,17H2,1-3H3. The Kier molecular flexibility index (Phi) is 4.73. The van der Waals surface area contributed by atoms with Gasteiger partial charge in [0.05, 0.1) is 7.11 Å². The Morgan fingerprint density at radius 2 is 2.14 bits per heavy atom. The van der Waals surface area contributed by atoms with Gasteiger partial charge in [-0.05, 0) is 24.0 Å². The van der Waals surface area contributed by atoms with Crippen LogP contribution >= 0.6 is 0 Å². The number of piperidine rings is 1. The molecule has 0 saturated carbocycles. The molecule has 1 aromatic carbocycles. The summed E-state index contributed by atoms with van der Waals surface area (Å²) in [5, 5.41) is 0. The summed E-state index contributed by atoms with van der Waals surface area (Å²) in [7, 11) is 1.60. The molecule has 2 N–H and O–H groups in total. The van der Waals surface area contributed by atoms with Gasteiger partial charge in [0.2, 0.25) is 0 Å². The molecule has 2 rings (SSSR count). The van der Waals surface area contributed by atoms with Gasteiger partial charge in [-0.15, -0.1) is 0 Å². The number of hydrogen-bond donors (Lipinski definition) is 1. The van der Waals surface area contributed by atoms with Crippen LogP contribution in [-0.4, -0.2) is 43.7 Å². The molecule has 1 aliphatic rings. The first kappa shape index (κ1) is 15.6. The third-order valence-electron chi connectivity index (χ3n) is 4.07. The summed E-state index contributed by atoms with van der Waals surface area (Å²) >= 11 is 0. The number of likely N-dealkylation sites (tertiary alicyclic amines) is 1. The summed E-state index contributed by atoms with van der Waals surface area (Å²) in [4.78, 5) is 14.1. The molecule has 0 aliphatic carbocycles. The number of nitrogens with two attached hydrogens (primary N) is 1. The number of rotatable bonds is 4. The summed E-state index contributed by atoms with van der Waals surface area (Å²) in [6.45, 7) is 5.61. The Hall–Kier alpha value is -1.75. The van der Waals surface area contributed by atoms with E-state index in [9.17, 15) is 4.79 Å². The first-order chi connectivity index (χ1) is 9.92.